The molecule has 0 radical (unpaired) electrons. The number of aliphatic carboxylic acids is 1. The Kier molecular flexibility index (Phi) is 4.77. The zero-order valence-corrected chi connectivity index (χ0v) is 12.0. The first-order valence-corrected chi connectivity index (χ1v) is 7.24. The van der Waals surface area contributed by atoms with Crippen LogP contribution in [0.2, 0.25) is 0 Å². The summed E-state index contributed by atoms with van der Waals surface area (Å²) in [7, 11) is 0. The molecule has 1 aromatic rings. The van der Waals surface area contributed by atoms with E-state index < -0.39 is 16.9 Å². The third-order valence-corrected chi connectivity index (χ3v) is 4.20. The Hall–Kier alpha value is -2.11. The summed E-state index contributed by atoms with van der Waals surface area (Å²) in [5, 5.41) is 23.4. The summed E-state index contributed by atoms with van der Waals surface area (Å²) < 4.78 is 0. The van der Waals surface area contributed by atoms with Crippen LogP contribution in [-0.2, 0) is 4.79 Å². The third kappa shape index (κ3) is 3.51. The van der Waals surface area contributed by atoms with Gasteiger partial charge in [-0.25, -0.2) is 4.79 Å². The van der Waals surface area contributed by atoms with Crippen LogP contribution in [0.25, 0.3) is 0 Å². The molecule has 21 heavy (non-hydrogen) atoms. The number of carboxylic acids is 1. The van der Waals surface area contributed by atoms with Crippen molar-refractivity contribution in [2.75, 3.05) is 5.32 Å². The molecule has 0 saturated heterocycles. The van der Waals surface area contributed by atoms with Gasteiger partial charge < -0.3 is 10.4 Å². The van der Waals surface area contributed by atoms with Crippen LogP contribution >= 0.6 is 0 Å². The third-order valence-electron chi connectivity index (χ3n) is 4.20. The fraction of sp³-hybridized carbons (Fsp3) is 0.533. The minimum absolute atomic E-state index is 0.00721. The molecular weight excluding hydrogens is 272 g/mol. The van der Waals surface area contributed by atoms with Crippen LogP contribution in [0.1, 0.15) is 37.7 Å². The lowest BCUT2D eigenvalue weighted by Gasteiger charge is -2.29. The number of nitro groups is 1. The molecular formula is C15H20N2O4. The highest BCUT2D eigenvalue weighted by Gasteiger charge is 2.30. The second kappa shape index (κ2) is 6.56. The Morgan fingerprint density at radius 3 is 2.62 bits per heavy atom. The van der Waals surface area contributed by atoms with Crippen LogP contribution in [-0.4, -0.2) is 22.0 Å². The predicted octanol–water partition coefficient (Wildman–Crippen LogP) is 3.35. The second-order valence-corrected chi connectivity index (χ2v) is 5.57. The molecule has 0 aliphatic heterocycles. The van der Waals surface area contributed by atoms with Crippen molar-refractivity contribution in [1.82, 2.24) is 0 Å². The number of nitrogens with zero attached hydrogens (tertiary/aromatic N) is 1. The SMILES string of the molecule is Cc1c(NC(C(=O)O)C2CCCCC2)cccc1[N+](=O)[O-]. The number of anilines is 1. The van der Waals surface area contributed by atoms with Crippen molar-refractivity contribution in [3.05, 3.63) is 33.9 Å². The maximum absolute atomic E-state index is 11.5. The van der Waals surface area contributed by atoms with Crippen LogP contribution in [0.5, 0.6) is 0 Å². The fourth-order valence-electron chi connectivity index (χ4n) is 2.99. The van der Waals surface area contributed by atoms with Gasteiger partial charge in [-0.3, -0.25) is 10.1 Å². The Morgan fingerprint density at radius 1 is 1.38 bits per heavy atom. The van der Waals surface area contributed by atoms with Crippen LogP contribution in [0, 0.1) is 23.0 Å². The second-order valence-electron chi connectivity index (χ2n) is 5.57. The summed E-state index contributed by atoms with van der Waals surface area (Å²) >= 11 is 0. The van der Waals surface area contributed by atoms with Gasteiger partial charge in [-0.1, -0.05) is 25.3 Å². The highest BCUT2D eigenvalue weighted by atomic mass is 16.6. The summed E-state index contributed by atoms with van der Waals surface area (Å²) in [5.74, 6) is -0.817. The number of hydrogen-bond acceptors (Lipinski definition) is 4. The monoisotopic (exact) mass is 292 g/mol. The standard InChI is InChI=1S/C15H20N2O4/c1-10-12(8-5-9-13(10)17(20)21)16-14(15(18)19)11-6-3-2-4-7-11/h5,8-9,11,14,16H,2-4,6-7H2,1H3,(H,18,19). The van der Waals surface area contributed by atoms with Crippen molar-refractivity contribution in [2.24, 2.45) is 5.92 Å². The maximum atomic E-state index is 11.5. The van der Waals surface area contributed by atoms with E-state index in [9.17, 15) is 20.0 Å². The summed E-state index contributed by atoms with van der Waals surface area (Å²) in [6, 6.07) is 4.01. The van der Waals surface area contributed by atoms with Crippen molar-refractivity contribution >= 4 is 17.3 Å². The summed E-state index contributed by atoms with van der Waals surface area (Å²) in [4.78, 5) is 22.0. The Bertz CT molecular complexity index is 538. The maximum Gasteiger partial charge on any atom is 0.326 e. The molecule has 0 aromatic heterocycles. The quantitative estimate of drug-likeness (QED) is 0.641. The molecule has 2 rings (SSSR count). The lowest BCUT2D eigenvalue weighted by Crippen LogP contribution is -2.38. The molecule has 6 heteroatoms. The van der Waals surface area contributed by atoms with Crippen LogP contribution in [0.4, 0.5) is 11.4 Å². The lowest BCUT2D eigenvalue weighted by atomic mass is 9.83. The van der Waals surface area contributed by atoms with Gasteiger partial charge in [0.15, 0.2) is 0 Å². The molecule has 1 aliphatic carbocycles. The zero-order valence-electron chi connectivity index (χ0n) is 12.0. The van der Waals surface area contributed by atoms with Crippen LogP contribution < -0.4 is 5.32 Å². The van der Waals surface area contributed by atoms with E-state index in [4.69, 9.17) is 0 Å². The first-order valence-electron chi connectivity index (χ1n) is 7.24. The molecule has 114 valence electrons. The number of nitrogens with one attached hydrogen (secondary N) is 1. The number of carbonyl (C=O) groups is 1. The molecule has 1 saturated carbocycles. The average Bonchev–Trinajstić information content (AvgIpc) is 2.46. The van der Waals surface area contributed by atoms with E-state index in [1.54, 1.807) is 19.1 Å². The van der Waals surface area contributed by atoms with E-state index in [-0.39, 0.29) is 11.6 Å². The molecule has 1 unspecified atom stereocenters. The molecule has 2 N–H and O–H groups in total. The van der Waals surface area contributed by atoms with Gasteiger partial charge in [0.1, 0.15) is 6.04 Å². The van der Waals surface area contributed by atoms with Crippen molar-refractivity contribution < 1.29 is 14.8 Å². The predicted molar refractivity (Wildman–Crippen MR) is 79.5 cm³/mol. The van der Waals surface area contributed by atoms with E-state index in [1.165, 1.54) is 6.07 Å². The molecule has 1 aliphatic rings. The molecule has 6 nitrogen and oxygen atoms in total. The van der Waals surface area contributed by atoms with Gasteiger partial charge >= 0.3 is 5.97 Å². The van der Waals surface area contributed by atoms with Gasteiger partial charge in [-0.05, 0) is 31.7 Å². The number of carboxylic acid groups (broad SMARTS) is 1. The van der Waals surface area contributed by atoms with Gasteiger partial charge in [-0.15, -0.1) is 0 Å². The van der Waals surface area contributed by atoms with E-state index in [0.717, 1.165) is 32.1 Å². The normalized spacial score (nSPS) is 17.2. The molecule has 0 amide bonds. The number of nitro benzene ring substituents is 1. The van der Waals surface area contributed by atoms with Gasteiger partial charge in [-0.2, -0.15) is 0 Å². The smallest absolute Gasteiger partial charge is 0.326 e. The van der Waals surface area contributed by atoms with E-state index >= 15 is 0 Å². The highest BCUT2D eigenvalue weighted by Crippen LogP contribution is 2.31. The summed E-state index contributed by atoms with van der Waals surface area (Å²) in [6.45, 7) is 1.64. The first kappa shape index (κ1) is 15.3. The number of hydrogen-bond donors (Lipinski definition) is 2. The van der Waals surface area contributed by atoms with Gasteiger partial charge in [0.25, 0.3) is 5.69 Å². The van der Waals surface area contributed by atoms with Crippen molar-refractivity contribution in [3.8, 4) is 0 Å². The van der Waals surface area contributed by atoms with Crippen molar-refractivity contribution in [2.45, 2.75) is 45.1 Å². The van der Waals surface area contributed by atoms with Crippen LogP contribution in [0.3, 0.4) is 0 Å². The molecule has 1 atom stereocenters. The van der Waals surface area contributed by atoms with Gasteiger partial charge in [0, 0.05) is 17.3 Å². The van der Waals surface area contributed by atoms with Gasteiger partial charge in [0.05, 0.1) is 4.92 Å². The summed E-state index contributed by atoms with van der Waals surface area (Å²) in [6.07, 6.45) is 5.02. The van der Waals surface area contributed by atoms with Gasteiger partial charge in [0.2, 0.25) is 0 Å². The molecule has 0 heterocycles. The fourth-order valence-corrected chi connectivity index (χ4v) is 2.99. The topological polar surface area (TPSA) is 92.5 Å². The van der Waals surface area contributed by atoms with E-state index in [0.29, 0.717) is 11.3 Å². The average molecular weight is 292 g/mol. The zero-order chi connectivity index (χ0) is 15.4. The largest absolute Gasteiger partial charge is 0.480 e. The number of benzene rings is 1. The van der Waals surface area contributed by atoms with Crippen molar-refractivity contribution in [3.63, 3.8) is 0 Å². The highest BCUT2D eigenvalue weighted by molar-refractivity contribution is 5.78. The molecule has 1 fully saturated rings. The van der Waals surface area contributed by atoms with Crippen molar-refractivity contribution in [1.29, 1.82) is 0 Å². The first-order chi connectivity index (χ1) is 10.0. The molecule has 1 aromatic carbocycles. The number of rotatable bonds is 5. The Balaban J connectivity index is 2.22. The minimum Gasteiger partial charge on any atom is -0.480 e. The lowest BCUT2D eigenvalue weighted by molar-refractivity contribution is -0.385. The van der Waals surface area contributed by atoms with E-state index in [1.807, 2.05) is 0 Å². The molecule has 0 bridgehead atoms. The minimum atomic E-state index is -0.896. The Morgan fingerprint density at radius 2 is 2.05 bits per heavy atom. The summed E-state index contributed by atoms with van der Waals surface area (Å²) in [5.41, 5.74) is 1.01. The van der Waals surface area contributed by atoms with Crippen LogP contribution in [0.15, 0.2) is 18.2 Å². The molecule has 0 spiro atoms. The Labute approximate surface area is 123 Å². The van der Waals surface area contributed by atoms with E-state index in [2.05, 4.69) is 5.32 Å².